The summed E-state index contributed by atoms with van der Waals surface area (Å²) in [7, 11) is -3.26. The molecule has 0 saturated carbocycles. The summed E-state index contributed by atoms with van der Waals surface area (Å²) in [5.41, 5.74) is 3.30. The van der Waals surface area contributed by atoms with Crippen molar-refractivity contribution in [1.29, 1.82) is 0 Å². The Bertz CT molecular complexity index is 1060. The van der Waals surface area contributed by atoms with E-state index in [2.05, 4.69) is 0 Å². The van der Waals surface area contributed by atoms with Crippen molar-refractivity contribution < 1.29 is 17.6 Å². The van der Waals surface area contributed by atoms with Crippen molar-refractivity contribution in [1.82, 2.24) is 9.21 Å². The van der Waals surface area contributed by atoms with Crippen molar-refractivity contribution in [3.63, 3.8) is 0 Å². The number of hydrogen-bond donors (Lipinski definition) is 0. The number of amides is 2. The standard InChI is InChI=1S/C19H19ClFN3O3S/c1-28(26,27)23-11-13-3-5-17(8-15(13)12-23)24-7-6-22(19(24)25)10-14-2-4-16(21)9-18(14)20/h2-5,8-9H,6-7,10-12H2,1H3. The molecule has 148 valence electrons. The molecule has 0 aliphatic carbocycles. The number of carbonyl (C=O) groups excluding carboxylic acids is 1. The minimum absolute atomic E-state index is 0.154. The highest BCUT2D eigenvalue weighted by molar-refractivity contribution is 7.88. The van der Waals surface area contributed by atoms with Crippen LogP contribution in [0.15, 0.2) is 36.4 Å². The normalized spacial score (nSPS) is 17.5. The highest BCUT2D eigenvalue weighted by atomic mass is 35.5. The fraction of sp³-hybridized carbons (Fsp3) is 0.316. The molecule has 4 rings (SSSR count). The molecule has 2 aliphatic heterocycles. The molecular formula is C19H19ClFN3O3S. The Hall–Kier alpha value is -2.16. The first-order valence-corrected chi connectivity index (χ1v) is 11.0. The van der Waals surface area contributed by atoms with Crippen molar-refractivity contribution in [2.75, 3.05) is 24.2 Å². The predicted octanol–water partition coefficient (Wildman–Crippen LogP) is 3.20. The molecule has 2 aromatic carbocycles. The second kappa shape index (κ2) is 7.02. The quantitative estimate of drug-likeness (QED) is 0.758. The fourth-order valence-corrected chi connectivity index (χ4v) is 4.55. The highest BCUT2D eigenvalue weighted by Crippen LogP contribution is 2.31. The Morgan fingerprint density at radius 2 is 1.82 bits per heavy atom. The van der Waals surface area contributed by atoms with E-state index in [9.17, 15) is 17.6 Å². The highest BCUT2D eigenvalue weighted by Gasteiger charge is 2.32. The molecule has 28 heavy (non-hydrogen) atoms. The Balaban J connectivity index is 1.50. The second-order valence-corrected chi connectivity index (χ2v) is 9.47. The van der Waals surface area contributed by atoms with Crippen molar-refractivity contribution in [2.24, 2.45) is 0 Å². The van der Waals surface area contributed by atoms with Crippen LogP contribution in [0.5, 0.6) is 0 Å². The van der Waals surface area contributed by atoms with Crippen molar-refractivity contribution in [3.8, 4) is 0 Å². The minimum atomic E-state index is -3.26. The minimum Gasteiger partial charge on any atom is -0.318 e. The van der Waals surface area contributed by atoms with Crippen LogP contribution in [0.2, 0.25) is 5.02 Å². The number of carbonyl (C=O) groups is 1. The molecule has 1 fully saturated rings. The molecule has 0 unspecified atom stereocenters. The number of urea groups is 1. The molecule has 2 aliphatic rings. The molecule has 2 aromatic rings. The fourth-order valence-electron chi connectivity index (χ4n) is 3.58. The Kier molecular flexibility index (Phi) is 4.81. The molecule has 0 atom stereocenters. The van der Waals surface area contributed by atoms with E-state index in [1.54, 1.807) is 15.9 Å². The molecule has 9 heteroatoms. The summed E-state index contributed by atoms with van der Waals surface area (Å²) in [6.07, 6.45) is 1.20. The van der Waals surface area contributed by atoms with Crippen LogP contribution in [0.1, 0.15) is 16.7 Å². The Labute approximate surface area is 168 Å². The van der Waals surface area contributed by atoms with Gasteiger partial charge < -0.3 is 4.90 Å². The summed E-state index contributed by atoms with van der Waals surface area (Å²) < 4.78 is 38.2. The summed E-state index contributed by atoms with van der Waals surface area (Å²) in [6.45, 7) is 2.03. The topological polar surface area (TPSA) is 60.9 Å². The lowest BCUT2D eigenvalue weighted by atomic mass is 10.1. The maximum Gasteiger partial charge on any atom is 0.324 e. The van der Waals surface area contributed by atoms with Gasteiger partial charge in [-0.05, 0) is 41.0 Å². The van der Waals surface area contributed by atoms with Crippen LogP contribution >= 0.6 is 11.6 Å². The van der Waals surface area contributed by atoms with Gasteiger partial charge in [-0.15, -0.1) is 0 Å². The summed E-state index contributed by atoms with van der Waals surface area (Å²) in [4.78, 5) is 16.2. The van der Waals surface area contributed by atoms with E-state index in [0.717, 1.165) is 16.8 Å². The average Bonchev–Trinajstić information content (AvgIpc) is 3.20. The Morgan fingerprint density at radius 1 is 1.07 bits per heavy atom. The first-order chi connectivity index (χ1) is 13.2. The number of hydrogen-bond acceptors (Lipinski definition) is 3. The summed E-state index contributed by atoms with van der Waals surface area (Å²) in [5, 5.41) is 0.296. The lowest BCUT2D eigenvalue weighted by Gasteiger charge is -2.20. The predicted molar refractivity (Wildman–Crippen MR) is 105 cm³/mol. The van der Waals surface area contributed by atoms with Crippen molar-refractivity contribution in [2.45, 2.75) is 19.6 Å². The van der Waals surface area contributed by atoms with Crippen LogP contribution in [-0.2, 0) is 29.7 Å². The monoisotopic (exact) mass is 423 g/mol. The molecular weight excluding hydrogens is 405 g/mol. The number of anilines is 1. The van der Waals surface area contributed by atoms with Gasteiger partial charge in [0, 0.05) is 43.4 Å². The number of nitrogens with zero attached hydrogens (tertiary/aromatic N) is 3. The van der Waals surface area contributed by atoms with E-state index in [-0.39, 0.29) is 6.03 Å². The van der Waals surface area contributed by atoms with Gasteiger partial charge in [0.2, 0.25) is 10.0 Å². The maximum absolute atomic E-state index is 13.2. The van der Waals surface area contributed by atoms with Crippen LogP contribution in [0.3, 0.4) is 0 Å². The zero-order chi connectivity index (χ0) is 20.1. The Morgan fingerprint density at radius 3 is 2.54 bits per heavy atom. The van der Waals surface area contributed by atoms with E-state index < -0.39 is 15.8 Å². The van der Waals surface area contributed by atoms with Gasteiger partial charge in [-0.1, -0.05) is 23.7 Å². The van der Waals surface area contributed by atoms with Gasteiger partial charge in [0.05, 0.1) is 6.26 Å². The molecule has 6 nitrogen and oxygen atoms in total. The average molecular weight is 424 g/mol. The lowest BCUT2D eigenvalue weighted by molar-refractivity contribution is 0.219. The molecule has 0 aromatic heterocycles. The van der Waals surface area contributed by atoms with Gasteiger partial charge in [0.25, 0.3) is 0 Å². The van der Waals surface area contributed by atoms with E-state index in [1.807, 2.05) is 18.2 Å². The van der Waals surface area contributed by atoms with Crippen LogP contribution in [0, 0.1) is 5.82 Å². The van der Waals surface area contributed by atoms with Crippen LogP contribution in [0.25, 0.3) is 0 Å². The molecule has 2 heterocycles. The van der Waals surface area contributed by atoms with E-state index >= 15 is 0 Å². The van der Waals surface area contributed by atoms with Gasteiger partial charge in [0.1, 0.15) is 5.82 Å². The van der Waals surface area contributed by atoms with Crippen molar-refractivity contribution in [3.05, 3.63) is 63.9 Å². The van der Waals surface area contributed by atoms with Crippen molar-refractivity contribution >= 4 is 33.3 Å². The second-order valence-electron chi connectivity index (χ2n) is 7.08. The maximum atomic E-state index is 13.2. The third-order valence-electron chi connectivity index (χ3n) is 5.14. The van der Waals surface area contributed by atoms with Crippen LogP contribution in [-0.4, -0.2) is 43.0 Å². The smallest absolute Gasteiger partial charge is 0.318 e. The number of sulfonamides is 1. The lowest BCUT2D eigenvalue weighted by Crippen LogP contribution is -2.31. The van der Waals surface area contributed by atoms with E-state index in [0.29, 0.717) is 43.3 Å². The zero-order valence-corrected chi connectivity index (χ0v) is 16.8. The first-order valence-electron chi connectivity index (χ1n) is 8.79. The SMILES string of the molecule is CS(=O)(=O)N1Cc2ccc(N3CCN(Cc4ccc(F)cc4Cl)C3=O)cc2C1. The first kappa shape index (κ1) is 19.2. The molecule has 0 spiro atoms. The van der Waals surface area contributed by atoms with Gasteiger partial charge in [-0.25, -0.2) is 17.6 Å². The van der Waals surface area contributed by atoms with Gasteiger partial charge in [-0.3, -0.25) is 4.90 Å². The third kappa shape index (κ3) is 3.59. The van der Waals surface area contributed by atoms with E-state index in [4.69, 9.17) is 11.6 Å². The third-order valence-corrected chi connectivity index (χ3v) is 6.68. The zero-order valence-electron chi connectivity index (χ0n) is 15.2. The van der Waals surface area contributed by atoms with Gasteiger partial charge >= 0.3 is 6.03 Å². The number of halogens is 2. The van der Waals surface area contributed by atoms with E-state index in [1.165, 1.54) is 22.7 Å². The molecule has 0 N–H and O–H groups in total. The summed E-state index contributed by atoms with van der Waals surface area (Å²) in [6, 6.07) is 9.60. The number of benzene rings is 2. The number of rotatable bonds is 4. The number of fused-ring (bicyclic) bond motifs is 1. The summed E-state index contributed by atoms with van der Waals surface area (Å²) in [5.74, 6) is -0.413. The molecule has 2 amide bonds. The summed E-state index contributed by atoms with van der Waals surface area (Å²) >= 11 is 6.08. The largest absolute Gasteiger partial charge is 0.324 e. The van der Waals surface area contributed by atoms with Gasteiger partial charge in [-0.2, -0.15) is 4.31 Å². The molecule has 1 saturated heterocycles. The molecule has 0 radical (unpaired) electrons. The van der Waals surface area contributed by atoms with Gasteiger partial charge in [0.15, 0.2) is 0 Å². The van der Waals surface area contributed by atoms with Crippen LogP contribution < -0.4 is 4.90 Å². The van der Waals surface area contributed by atoms with Crippen LogP contribution in [0.4, 0.5) is 14.9 Å². The molecule has 0 bridgehead atoms.